The van der Waals surface area contributed by atoms with E-state index in [-0.39, 0.29) is 17.6 Å². The molecule has 21 heavy (non-hydrogen) atoms. The fourth-order valence-electron chi connectivity index (χ4n) is 2.38. The number of aryl methyl sites for hydroxylation is 1. The van der Waals surface area contributed by atoms with Crippen LogP contribution in [0.4, 0.5) is 10.1 Å². The summed E-state index contributed by atoms with van der Waals surface area (Å²) < 4.78 is 13.8. The van der Waals surface area contributed by atoms with E-state index >= 15 is 0 Å². The Hall–Kier alpha value is -1.33. The lowest BCUT2D eigenvalue weighted by Gasteiger charge is -2.14. The molecule has 1 N–H and O–H groups in total. The first-order valence-electron chi connectivity index (χ1n) is 6.54. The van der Waals surface area contributed by atoms with E-state index in [1.54, 1.807) is 24.8 Å². The van der Waals surface area contributed by atoms with Crippen molar-refractivity contribution in [1.82, 2.24) is 0 Å². The van der Waals surface area contributed by atoms with Crippen molar-refractivity contribution in [2.75, 3.05) is 11.1 Å². The van der Waals surface area contributed by atoms with Crippen LogP contribution in [0.5, 0.6) is 0 Å². The van der Waals surface area contributed by atoms with Gasteiger partial charge in [0.15, 0.2) is 0 Å². The quantitative estimate of drug-likeness (QED) is 0.833. The van der Waals surface area contributed by atoms with E-state index in [9.17, 15) is 9.18 Å². The predicted molar refractivity (Wildman–Crippen MR) is 87.4 cm³/mol. The van der Waals surface area contributed by atoms with E-state index < -0.39 is 0 Å². The number of hydrogen-bond acceptors (Lipinski definition) is 2. The van der Waals surface area contributed by atoms with E-state index in [0.717, 1.165) is 16.2 Å². The van der Waals surface area contributed by atoms with Crippen LogP contribution in [0.15, 0.2) is 45.8 Å². The summed E-state index contributed by atoms with van der Waals surface area (Å²) in [6.45, 7) is 1.78. The molecule has 5 heteroatoms. The molecule has 2 aromatic rings. The zero-order chi connectivity index (χ0) is 15.0. The number of rotatable bonds is 2. The summed E-state index contributed by atoms with van der Waals surface area (Å²) in [6.07, 6.45) is 0. The van der Waals surface area contributed by atoms with Gasteiger partial charge in [-0.2, -0.15) is 0 Å². The molecule has 1 heterocycles. The predicted octanol–water partition coefficient (Wildman–Crippen LogP) is 4.72. The second-order valence-electron chi connectivity index (χ2n) is 4.97. The average molecular weight is 366 g/mol. The normalized spacial score (nSPS) is 16.6. The molecule has 1 unspecified atom stereocenters. The van der Waals surface area contributed by atoms with Gasteiger partial charge in [-0.1, -0.05) is 18.2 Å². The third-order valence-corrected chi connectivity index (χ3v) is 5.33. The second kappa shape index (κ2) is 5.81. The number of anilines is 1. The SMILES string of the molecule is Cc1cc(F)c(Br)cc1NC(=O)C1CSc2ccccc21. The maximum absolute atomic E-state index is 13.4. The van der Waals surface area contributed by atoms with Crippen LogP contribution in [0.3, 0.4) is 0 Å². The number of hydrogen-bond donors (Lipinski definition) is 1. The minimum absolute atomic E-state index is 0.0472. The Balaban J connectivity index is 1.84. The van der Waals surface area contributed by atoms with Crippen molar-refractivity contribution < 1.29 is 9.18 Å². The number of carbonyl (C=O) groups excluding carboxylic acids is 1. The number of halogens is 2. The molecule has 1 aliphatic rings. The molecular formula is C16H13BrFNOS. The van der Waals surface area contributed by atoms with E-state index in [1.165, 1.54) is 6.07 Å². The Bertz CT molecular complexity index is 719. The Kier molecular flexibility index (Phi) is 4.04. The molecule has 1 aliphatic heterocycles. The van der Waals surface area contributed by atoms with Crippen molar-refractivity contribution in [3.8, 4) is 0 Å². The van der Waals surface area contributed by atoms with Crippen LogP contribution < -0.4 is 5.32 Å². The van der Waals surface area contributed by atoms with Crippen molar-refractivity contribution in [1.29, 1.82) is 0 Å². The van der Waals surface area contributed by atoms with Gasteiger partial charge in [0.1, 0.15) is 5.82 Å². The molecule has 0 saturated carbocycles. The first-order valence-corrected chi connectivity index (χ1v) is 8.32. The molecule has 1 amide bonds. The van der Waals surface area contributed by atoms with Gasteiger partial charge in [-0.25, -0.2) is 4.39 Å². The minimum Gasteiger partial charge on any atom is -0.325 e. The van der Waals surface area contributed by atoms with Crippen molar-refractivity contribution in [3.05, 3.63) is 57.8 Å². The first-order chi connectivity index (χ1) is 10.1. The summed E-state index contributed by atoms with van der Waals surface area (Å²) in [5.41, 5.74) is 2.42. The third kappa shape index (κ3) is 2.85. The van der Waals surface area contributed by atoms with E-state index in [1.807, 2.05) is 24.3 Å². The Morgan fingerprint density at radius 2 is 2.14 bits per heavy atom. The molecule has 0 bridgehead atoms. The molecular weight excluding hydrogens is 353 g/mol. The van der Waals surface area contributed by atoms with Gasteiger partial charge < -0.3 is 5.32 Å². The van der Waals surface area contributed by atoms with Crippen molar-refractivity contribution in [2.24, 2.45) is 0 Å². The van der Waals surface area contributed by atoms with Crippen LogP contribution in [0.25, 0.3) is 0 Å². The van der Waals surface area contributed by atoms with Gasteiger partial charge in [0.05, 0.1) is 10.4 Å². The monoisotopic (exact) mass is 365 g/mol. The number of fused-ring (bicyclic) bond motifs is 1. The summed E-state index contributed by atoms with van der Waals surface area (Å²) in [4.78, 5) is 13.7. The lowest BCUT2D eigenvalue weighted by atomic mass is 10.0. The van der Waals surface area contributed by atoms with E-state index in [4.69, 9.17) is 0 Å². The highest BCUT2D eigenvalue weighted by Crippen LogP contribution is 2.40. The van der Waals surface area contributed by atoms with Crippen LogP contribution in [-0.2, 0) is 4.79 Å². The summed E-state index contributed by atoms with van der Waals surface area (Å²) >= 11 is 4.84. The zero-order valence-electron chi connectivity index (χ0n) is 11.3. The van der Waals surface area contributed by atoms with Gasteiger partial charge in [-0.05, 0) is 52.2 Å². The Morgan fingerprint density at radius 3 is 2.95 bits per heavy atom. The molecule has 0 saturated heterocycles. The average Bonchev–Trinajstić information content (AvgIpc) is 2.88. The molecule has 0 aromatic heterocycles. The van der Waals surface area contributed by atoms with Crippen molar-refractivity contribution in [3.63, 3.8) is 0 Å². The number of benzene rings is 2. The summed E-state index contributed by atoms with van der Waals surface area (Å²) in [6, 6.07) is 11.0. The molecule has 2 aromatic carbocycles. The van der Waals surface area contributed by atoms with Crippen LogP contribution >= 0.6 is 27.7 Å². The lowest BCUT2D eigenvalue weighted by Crippen LogP contribution is -2.21. The highest BCUT2D eigenvalue weighted by molar-refractivity contribution is 9.10. The number of amides is 1. The lowest BCUT2D eigenvalue weighted by molar-refractivity contribution is -0.117. The first kappa shape index (κ1) is 14.6. The van der Waals surface area contributed by atoms with Gasteiger partial charge in [0.2, 0.25) is 5.91 Å². The highest BCUT2D eigenvalue weighted by atomic mass is 79.9. The van der Waals surface area contributed by atoms with Crippen molar-refractivity contribution >= 4 is 39.3 Å². The maximum atomic E-state index is 13.4. The Labute approximate surface area is 135 Å². The fraction of sp³-hybridized carbons (Fsp3) is 0.188. The molecule has 0 aliphatic carbocycles. The maximum Gasteiger partial charge on any atom is 0.232 e. The second-order valence-corrected chi connectivity index (χ2v) is 6.89. The van der Waals surface area contributed by atoms with Crippen LogP contribution in [0.1, 0.15) is 17.0 Å². The van der Waals surface area contributed by atoms with E-state index in [2.05, 4.69) is 21.2 Å². The number of nitrogens with one attached hydrogen (secondary N) is 1. The molecule has 0 radical (unpaired) electrons. The molecule has 0 spiro atoms. The smallest absolute Gasteiger partial charge is 0.232 e. The fourth-order valence-corrected chi connectivity index (χ4v) is 3.95. The number of thioether (sulfide) groups is 1. The van der Waals surface area contributed by atoms with Gasteiger partial charge >= 0.3 is 0 Å². The molecule has 3 rings (SSSR count). The van der Waals surface area contributed by atoms with Gasteiger partial charge in [-0.3, -0.25) is 4.79 Å². The number of carbonyl (C=O) groups is 1. The van der Waals surface area contributed by atoms with Crippen LogP contribution in [0, 0.1) is 12.7 Å². The summed E-state index contributed by atoms with van der Waals surface area (Å²) in [5, 5.41) is 2.91. The minimum atomic E-state index is -0.327. The summed E-state index contributed by atoms with van der Waals surface area (Å²) in [5.74, 6) is 0.211. The standard InChI is InChI=1S/C16H13BrFNOS/c1-9-6-13(18)12(17)7-14(9)19-16(20)11-8-21-15-5-3-2-4-10(11)15/h2-7,11H,8H2,1H3,(H,19,20). The highest BCUT2D eigenvalue weighted by Gasteiger charge is 2.29. The van der Waals surface area contributed by atoms with Gasteiger partial charge in [-0.15, -0.1) is 11.8 Å². The molecule has 0 fully saturated rings. The largest absolute Gasteiger partial charge is 0.325 e. The third-order valence-electron chi connectivity index (χ3n) is 3.54. The summed E-state index contributed by atoms with van der Waals surface area (Å²) in [7, 11) is 0. The van der Waals surface area contributed by atoms with Crippen molar-refractivity contribution in [2.45, 2.75) is 17.7 Å². The van der Waals surface area contributed by atoms with Crippen LogP contribution in [0.2, 0.25) is 0 Å². The topological polar surface area (TPSA) is 29.1 Å². The molecule has 2 nitrogen and oxygen atoms in total. The molecule has 108 valence electrons. The van der Waals surface area contributed by atoms with E-state index in [0.29, 0.717) is 15.7 Å². The van der Waals surface area contributed by atoms with Gasteiger partial charge in [0.25, 0.3) is 0 Å². The van der Waals surface area contributed by atoms with Gasteiger partial charge in [0, 0.05) is 16.3 Å². The zero-order valence-corrected chi connectivity index (χ0v) is 13.7. The molecule has 1 atom stereocenters. The Morgan fingerprint density at radius 1 is 1.38 bits per heavy atom. The van der Waals surface area contributed by atoms with Crippen LogP contribution in [-0.4, -0.2) is 11.7 Å².